The molecular weight excluding hydrogens is 318 g/mol. The van der Waals surface area contributed by atoms with Crippen molar-refractivity contribution in [3.05, 3.63) is 42.2 Å². The molecule has 0 aliphatic carbocycles. The molecule has 130 valence electrons. The minimum Gasteiger partial charge on any atom is -0.454 e. The zero-order valence-electron chi connectivity index (χ0n) is 14.0. The van der Waals surface area contributed by atoms with Gasteiger partial charge in [-0.05, 0) is 37.1 Å². The third-order valence-electron chi connectivity index (χ3n) is 4.58. The second-order valence-electron chi connectivity index (χ2n) is 6.33. The van der Waals surface area contributed by atoms with Crippen molar-refractivity contribution in [1.82, 2.24) is 4.98 Å². The lowest BCUT2D eigenvalue weighted by Gasteiger charge is -2.22. The summed E-state index contributed by atoms with van der Waals surface area (Å²) in [7, 11) is 0. The Morgan fingerprint density at radius 1 is 1.00 bits per heavy atom. The monoisotopic (exact) mass is 339 g/mol. The molecule has 2 aliphatic rings. The summed E-state index contributed by atoms with van der Waals surface area (Å²) in [5.74, 6) is 1.10. The number of aromatic nitrogens is 1. The SMILES string of the molecule is O=C(Nc1ccc2c(c1)OCO2)c1ccc(N2CCCCCC2)cn1. The van der Waals surface area contributed by atoms with Crippen molar-refractivity contribution in [2.24, 2.45) is 0 Å². The van der Waals surface area contributed by atoms with Crippen LogP contribution in [0.3, 0.4) is 0 Å². The molecule has 0 atom stereocenters. The van der Waals surface area contributed by atoms with Gasteiger partial charge in [-0.1, -0.05) is 12.8 Å². The van der Waals surface area contributed by atoms with Crippen molar-refractivity contribution in [2.45, 2.75) is 25.7 Å². The molecule has 25 heavy (non-hydrogen) atoms. The number of hydrogen-bond acceptors (Lipinski definition) is 5. The number of benzene rings is 1. The average molecular weight is 339 g/mol. The van der Waals surface area contributed by atoms with E-state index in [0.717, 1.165) is 18.8 Å². The van der Waals surface area contributed by atoms with Gasteiger partial charge in [-0.3, -0.25) is 4.79 Å². The Hall–Kier alpha value is -2.76. The number of hydrogen-bond donors (Lipinski definition) is 1. The predicted octanol–water partition coefficient (Wildman–Crippen LogP) is 3.44. The van der Waals surface area contributed by atoms with Crippen LogP contribution in [-0.2, 0) is 0 Å². The largest absolute Gasteiger partial charge is 0.454 e. The summed E-state index contributed by atoms with van der Waals surface area (Å²) in [5.41, 5.74) is 2.14. The number of amides is 1. The van der Waals surface area contributed by atoms with Gasteiger partial charge in [-0.15, -0.1) is 0 Å². The van der Waals surface area contributed by atoms with Crippen LogP contribution < -0.4 is 19.7 Å². The van der Waals surface area contributed by atoms with Crippen LogP contribution in [-0.4, -0.2) is 30.8 Å². The highest BCUT2D eigenvalue weighted by Gasteiger charge is 2.16. The molecule has 2 aliphatic heterocycles. The van der Waals surface area contributed by atoms with E-state index < -0.39 is 0 Å². The molecule has 2 aromatic rings. The second-order valence-corrected chi connectivity index (χ2v) is 6.33. The van der Waals surface area contributed by atoms with Gasteiger partial charge in [0, 0.05) is 24.8 Å². The molecule has 0 saturated carbocycles. The minimum absolute atomic E-state index is 0.215. The van der Waals surface area contributed by atoms with Crippen LogP contribution >= 0.6 is 0 Å². The quantitative estimate of drug-likeness (QED) is 0.928. The van der Waals surface area contributed by atoms with Crippen LogP contribution in [0.15, 0.2) is 36.5 Å². The van der Waals surface area contributed by atoms with Gasteiger partial charge >= 0.3 is 0 Å². The first kappa shape index (κ1) is 15.7. The molecule has 6 nitrogen and oxygen atoms in total. The first-order valence-corrected chi connectivity index (χ1v) is 8.71. The van der Waals surface area contributed by atoms with Gasteiger partial charge in [0.15, 0.2) is 11.5 Å². The van der Waals surface area contributed by atoms with E-state index in [4.69, 9.17) is 9.47 Å². The zero-order chi connectivity index (χ0) is 17.1. The third kappa shape index (κ3) is 3.52. The van der Waals surface area contributed by atoms with Crippen molar-refractivity contribution in [2.75, 3.05) is 30.1 Å². The van der Waals surface area contributed by atoms with Crippen LogP contribution in [0.5, 0.6) is 11.5 Å². The van der Waals surface area contributed by atoms with Crippen LogP contribution in [0.1, 0.15) is 36.2 Å². The topological polar surface area (TPSA) is 63.7 Å². The zero-order valence-corrected chi connectivity index (χ0v) is 14.0. The van der Waals surface area contributed by atoms with Gasteiger partial charge in [-0.2, -0.15) is 0 Å². The number of nitrogens with one attached hydrogen (secondary N) is 1. The number of carbonyl (C=O) groups is 1. The standard InChI is InChI=1S/C19H21N3O3/c23-19(21-14-5-8-17-18(11-14)25-13-24-17)16-7-6-15(12-20-16)22-9-3-1-2-4-10-22/h5-8,11-12H,1-4,9-10,13H2,(H,21,23). The lowest BCUT2D eigenvalue weighted by atomic mass is 10.2. The van der Waals surface area contributed by atoms with Crippen LogP contribution in [0, 0.1) is 0 Å². The Morgan fingerprint density at radius 2 is 1.80 bits per heavy atom. The predicted molar refractivity (Wildman–Crippen MR) is 95.4 cm³/mol. The first-order chi connectivity index (χ1) is 12.3. The Bertz CT molecular complexity index is 753. The molecule has 3 heterocycles. The van der Waals surface area contributed by atoms with Crippen LogP contribution in [0.4, 0.5) is 11.4 Å². The van der Waals surface area contributed by atoms with Gasteiger partial charge in [-0.25, -0.2) is 4.98 Å². The van der Waals surface area contributed by atoms with Gasteiger partial charge in [0.25, 0.3) is 5.91 Å². The van der Waals surface area contributed by atoms with Gasteiger partial charge < -0.3 is 19.7 Å². The van der Waals surface area contributed by atoms with Crippen LogP contribution in [0.2, 0.25) is 0 Å². The smallest absolute Gasteiger partial charge is 0.274 e. The summed E-state index contributed by atoms with van der Waals surface area (Å²) in [6.07, 6.45) is 6.80. The van der Waals surface area contributed by atoms with Crippen molar-refractivity contribution in [3.63, 3.8) is 0 Å². The molecule has 0 bridgehead atoms. The number of pyridine rings is 1. The number of rotatable bonds is 3. The van der Waals surface area contributed by atoms with E-state index in [0.29, 0.717) is 22.9 Å². The first-order valence-electron chi connectivity index (χ1n) is 8.71. The molecule has 4 rings (SSSR count). The highest BCUT2D eigenvalue weighted by molar-refractivity contribution is 6.03. The van der Waals surface area contributed by atoms with E-state index in [1.54, 1.807) is 30.5 Å². The van der Waals surface area contributed by atoms with Crippen LogP contribution in [0.25, 0.3) is 0 Å². The Balaban J connectivity index is 1.43. The van der Waals surface area contributed by atoms with Crippen molar-refractivity contribution in [3.8, 4) is 11.5 Å². The number of fused-ring (bicyclic) bond motifs is 1. The number of anilines is 2. The van der Waals surface area contributed by atoms with Crippen molar-refractivity contribution < 1.29 is 14.3 Å². The molecule has 1 aromatic heterocycles. The maximum absolute atomic E-state index is 12.4. The normalized spacial score (nSPS) is 16.4. The van der Waals surface area contributed by atoms with Gasteiger partial charge in [0.2, 0.25) is 6.79 Å². The fraction of sp³-hybridized carbons (Fsp3) is 0.368. The summed E-state index contributed by atoms with van der Waals surface area (Å²) < 4.78 is 10.6. The second kappa shape index (κ2) is 7.01. The molecular formula is C19H21N3O3. The maximum atomic E-state index is 12.4. The molecule has 1 amide bonds. The molecule has 0 radical (unpaired) electrons. The third-order valence-corrected chi connectivity index (χ3v) is 4.58. The van der Waals surface area contributed by atoms with Gasteiger partial charge in [0.05, 0.1) is 11.9 Å². The molecule has 1 fully saturated rings. The van der Waals surface area contributed by atoms with E-state index in [1.807, 2.05) is 6.07 Å². The maximum Gasteiger partial charge on any atom is 0.274 e. The summed E-state index contributed by atoms with van der Waals surface area (Å²) in [5, 5.41) is 2.85. The average Bonchev–Trinajstić information content (AvgIpc) is 2.94. The fourth-order valence-corrected chi connectivity index (χ4v) is 3.21. The number of nitrogens with zero attached hydrogens (tertiary/aromatic N) is 2. The Labute approximate surface area is 146 Å². The number of carbonyl (C=O) groups excluding carboxylic acids is 1. The molecule has 1 N–H and O–H groups in total. The highest BCUT2D eigenvalue weighted by atomic mass is 16.7. The molecule has 0 unspecified atom stereocenters. The summed E-state index contributed by atoms with van der Waals surface area (Å²) in [6, 6.07) is 9.09. The van der Waals surface area contributed by atoms with E-state index in [-0.39, 0.29) is 12.7 Å². The van der Waals surface area contributed by atoms with E-state index in [1.165, 1.54) is 25.7 Å². The van der Waals surface area contributed by atoms with Gasteiger partial charge in [0.1, 0.15) is 5.69 Å². The summed E-state index contributed by atoms with van der Waals surface area (Å²) in [6.45, 7) is 2.33. The molecule has 1 saturated heterocycles. The highest BCUT2D eigenvalue weighted by Crippen LogP contribution is 2.34. The number of ether oxygens (including phenoxy) is 2. The van der Waals surface area contributed by atoms with Crippen molar-refractivity contribution >= 4 is 17.3 Å². The Kier molecular flexibility index (Phi) is 4.41. The van der Waals surface area contributed by atoms with E-state index in [9.17, 15) is 4.79 Å². The lowest BCUT2D eigenvalue weighted by Crippen LogP contribution is -2.24. The summed E-state index contributed by atoms with van der Waals surface area (Å²) in [4.78, 5) is 19.1. The Morgan fingerprint density at radius 3 is 2.56 bits per heavy atom. The lowest BCUT2D eigenvalue weighted by molar-refractivity contribution is 0.102. The molecule has 0 spiro atoms. The molecule has 6 heteroatoms. The fourth-order valence-electron chi connectivity index (χ4n) is 3.21. The minimum atomic E-state index is -0.235. The van der Waals surface area contributed by atoms with E-state index in [2.05, 4.69) is 15.2 Å². The van der Waals surface area contributed by atoms with Crippen molar-refractivity contribution in [1.29, 1.82) is 0 Å². The van der Waals surface area contributed by atoms with E-state index >= 15 is 0 Å². The molecule has 1 aromatic carbocycles. The summed E-state index contributed by atoms with van der Waals surface area (Å²) >= 11 is 0.